The van der Waals surface area contributed by atoms with Gasteiger partial charge in [-0.25, -0.2) is 4.79 Å². The van der Waals surface area contributed by atoms with Crippen molar-refractivity contribution in [1.82, 2.24) is 15.1 Å². The SMILES string of the molecule is O=C1NC2(CCCC2)C(=O)N1C[C@H](O)CN1CCC(Cc2ccccc2)CC1. The van der Waals surface area contributed by atoms with Crippen LogP contribution in [0.25, 0.3) is 0 Å². The zero-order chi connectivity index (χ0) is 19.6. The Hall–Kier alpha value is -1.92. The van der Waals surface area contributed by atoms with Crippen LogP contribution >= 0.6 is 0 Å². The molecule has 0 bridgehead atoms. The maximum atomic E-state index is 12.7. The van der Waals surface area contributed by atoms with Gasteiger partial charge in [-0.3, -0.25) is 9.69 Å². The zero-order valence-electron chi connectivity index (χ0n) is 16.5. The lowest BCUT2D eigenvalue weighted by molar-refractivity contribution is -0.132. The van der Waals surface area contributed by atoms with E-state index in [2.05, 4.69) is 34.5 Å². The molecule has 3 amide bonds. The van der Waals surface area contributed by atoms with Gasteiger partial charge in [-0.15, -0.1) is 0 Å². The second-order valence-electron chi connectivity index (χ2n) is 8.72. The number of nitrogens with one attached hydrogen (secondary N) is 1. The van der Waals surface area contributed by atoms with Crippen molar-refractivity contribution >= 4 is 11.9 Å². The average Bonchev–Trinajstić information content (AvgIpc) is 3.25. The fourth-order valence-electron chi connectivity index (χ4n) is 5.05. The van der Waals surface area contributed by atoms with Gasteiger partial charge in [-0.1, -0.05) is 43.2 Å². The minimum absolute atomic E-state index is 0.0936. The fraction of sp³-hybridized carbons (Fsp3) is 0.636. The van der Waals surface area contributed by atoms with Crippen molar-refractivity contribution in [2.24, 2.45) is 5.92 Å². The minimum Gasteiger partial charge on any atom is -0.390 e. The molecule has 2 aliphatic heterocycles. The lowest BCUT2D eigenvalue weighted by Gasteiger charge is -2.33. The summed E-state index contributed by atoms with van der Waals surface area (Å²) in [5, 5.41) is 13.4. The van der Waals surface area contributed by atoms with E-state index < -0.39 is 11.6 Å². The maximum absolute atomic E-state index is 12.7. The lowest BCUT2D eigenvalue weighted by Crippen LogP contribution is -2.46. The van der Waals surface area contributed by atoms with Crippen LogP contribution in [0.4, 0.5) is 4.79 Å². The van der Waals surface area contributed by atoms with E-state index in [0.717, 1.165) is 58.0 Å². The molecule has 1 atom stereocenters. The topological polar surface area (TPSA) is 72.9 Å². The van der Waals surface area contributed by atoms with E-state index in [-0.39, 0.29) is 18.5 Å². The van der Waals surface area contributed by atoms with Crippen LogP contribution in [0.3, 0.4) is 0 Å². The molecule has 152 valence electrons. The molecule has 2 N–H and O–H groups in total. The molecule has 2 heterocycles. The highest BCUT2D eigenvalue weighted by Gasteiger charge is 2.52. The summed E-state index contributed by atoms with van der Waals surface area (Å²) in [7, 11) is 0. The van der Waals surface area contributed by atoms with E-state index in [4.69, 9.17) is 0 Å². The van der Waals surface area contributed by atoms with E-state index in [1.807, 2.05) is 6.07 Å². The van der Waals surface area contributed by atoms with Crippen molar-refractivity contribution in [3.63, 3.8) is 0 Å². The molecule has 6 heteroatoms. The van der Waals surface area contributed by atoms with Crippen LogP contribution in [0, 0.1) is 5.92 Å². The van der Waals surface area contributed by atoms with Gasteiger partial charge in [-0.2, -0.15) is 0 Å². The Morgan fingerprint density at radius 2 is 1.75 bits per heavy atom. The van der Waals surface area contributed by atoms with Crippen LogP contribution in [0.2, 0.25) is 0 Å². The van der Waals surface area contributed by atoms with Crippen LogP contribution in [0.15, 0.2) is 30.3 Å². The third kappa shape index (κ3) is 4.08. The number of carbonyl (C=O) groups is 2. The number of benzene rings is 1. The first-order valence-electron chi connectivity index (χ1n) is 10.6. The summed E-state index contributed by atoms with van der Waals surface area (Å²) in [4.78, 5) is 28.5. The molecule has 1 spiro atoms. The monoisotopic (exact) mass is 385 g/mol. The largest absolute Gasteiger partial charge is 0.390 e. The highest BCUT2D eigenvalue weighted by atomic mass is 16.3. The van der Waals surface area contributed by atoms with Gasteiger partial charge in [-0.05, 0) is 56.7 Å². The Labute approximate surface area is 166 Å². The molecular weight excluding hydrogens is 354 g/mol. The number of carbonyl (C=O) groups excluding carboxylic acids is 2. The number of nitrogens with zero attached hydrogens (tertiary/aromatic N) is 2. The normalized spacial score (nSPS) is 24.1. The summed E-state index contributed by atoms with van der Waals surface area (Å²) in [6.07, 6.45) is 6.04. The van der Waals surface area contributed by atoms with Crippen LogP contribution in [0.5, 0.6) is 0 Å². The number of β-amino-alcohol motifs (C(OH)–C–C–N with tert-alkyl or cyclic N) is 1. The minimum atomic E-state index is -0.697. The van der Waals surface area contributed by atoms with E-state index >= 15 is 0 Å². The number of likely N-dealkylation sites (tertiary alicyclic amines) is 1. The first-order valence-corrected chi connectivity index (χ1v) is 10.6. The number of hydrogen-bond donors (Lipinski definition) is 2. The third-order valence-corrected chi connectivity index (χ3v) is 6.64. The van der Waals surface area contributed by atoms with Crippen molar-refractivity contribution in [3.8, 4) is 0 Å². The summed E-state index contributed by atoms with van der Waals surface area (Å²) >= 11 is 0. The highest BCUT2D eigenvalue weighted by Crippen LogP contribution is 2.35. The van der Waals surface area contributed by atoms with Gasteiger partial charge in [0.05, 0.1) is 12.6 Å². The molecule has 1 saturated carbocycles. The van der Waals surface area contributed by atoms with Crippen molar-refractivity contribution in [2.75, 3.05) is 26.2 Å². The molecule has 2 saturated heterocycles. The van der Waals surface area contributed by atoms with E-state index in [1.165, 1.54) is 10.5 Å². The number of aliphatic hydroxyl groups excluding tert-OH is 1. The van der Waals surface area contributed by atoms with Crippen LogP contribution in [-0.4, -0.2) is 64.7 Å². The number of piperidine rings is 1. The lowest BCUT2D eigenvalue weighted by atomic mass is 9.90. The molecule has 0 aromatic heterocycles. The second kappa shape index (κ2) is 8.21. The van der Waals surface area contributed by atoms with Gasteiger partial charge in [0.1, 0.15) is 5.54 Å². The first kappa shape index (κ1) is 19.4. The Morgan fingerprint density at radius 1 is 1.07 bits per heavy atom. The predicted molar refractivity (Wildman–Crippen MR) is 107 cm³/mol. The van der Waals surface area contributed by atoms with Crippen LogP contribution < -0.4 is 5.32 Å². The summed E-state index contributed by atoms with van der Waals surface area (Å²) < 4.78 is 0. The molecule has 0 radical (unpaired) electrons. The third-order valence-electron chi connectivity index (χ3n) is 6.64. The van der Waals surface area contributed by atoms with Crippen molar-refractivity contribution in [2.45, 2.75) is 56.6 Å². The summed E-state index contributed by atoms with van der Waals surface area (Å²) in [5.74, 6) is 0.541. The molecule has 1 aromatic rings. The fourth-order valence-corrected chi connectivity index (χ4v) is 5.05. The molecule has 3 aliphatic rings. The number of aliphatic hydroxyl groups is 1. The summed E-state index contributed by atoms with van der Waals surface area (Å²) in [6.45, 7) is 2.52. The molecule has 4 rings (SSSR count). The Balaban J connectivity index is 1.23. The van der Waals surface area contributed by atoms with Gasteiger partial charge in [0.2, 0.25) is 0 Å². The van der Waals surface area contributed by atoms with Gasteiger partial charge in [0.25, 0.3) is 5.91 Å². The molecule has 0 unspecified atom stereocenters. The average molecular weight is 386 g/mol. The number of amides is 3. The summed E-state index contributed by atoms with van der Waals surface area (Å²) in [6, 6.07) is 10.3. The Bertz CT molecular complexity index is 694. The molecular formula is C22H31N3O3. The Kier molecular flexibility index (Phi) is 5.69. The standard InChI is InChI=1S/C22H31N3O3/c26-19(16-25-20(27)22(23-21(25)28)10-4-5-11-22)15-24-12-8-18(9-13-24)14-17-6-2-1-3-7-17/h1-3,6-7,18-19,26H,4-5,8-16H2,(H,23,28)/t19-/m1/s1. The number of imide groups is 1. The van der Waals surface area contributed by atoms with E-state index in [1.54, 1.807) is 0 Å². The van der Waals surface area contributed by atoms with Crippen molar-refractivity contribution in [3.05, 3.63) is 35.9 Å². The first-order chi connectivity index (χ1) is 13.6. The molecule has 1 aliphatic carbocycles. The smallest absolute Gasteiger partial charge is 0.325 e. The quantitative estimate of drug-likeness (QED) is 0.736. The van der Waals surface area contributed by atoms with E-state index in [0.29, 0.717) is 12.5 Å². The molecule has 6 nitrogen and oxygen atoms in total. The molecule has 1 aromatic carbocycles. The van der Waals surface area contributed by atoms with Gasteiger partial charge in [0, 0.05) is 6.54 Å². The van der Waals surface area contributed by atoms with Gasteiger partial charge in [0.15, 0.2) is 0 Å². The Morgan fingerprint density at radius 3 is 2.43 bits per heavy atom. The van der Waals surface area contributed by atoms with Crippen molar-refractivity contribution < 1.29 is 14.7 Å². The van der Waals surface area contributed by atoms with Crippen LogP contribution in [-0.2, 0) is 11.2 Å². The van der Waals surface area contributed by atoms with Crippen LogP contribution in [0.1, 0.15) is 44.1 Å². The number of urea groups is 1. The summed E-state index contributed by atoms with van der Waals surface area (Å²) in [5.41, 5.74) is 0.701. The van der Waals surface area contributed by atoms with Gasteiger partial charge >= 0.3 is 6.03 Å². The number of rotatable bonds is 6. The highest BCUT2D eigenvalue weighted by molar-refractivity contribution is 6.07. The molecule has 3 fully saturated rings. The zero-order valence-corrected chi connectivity index (χ0v) is 16.5. The van der Waals surface area contributed by atoms with Crippen molar-refractivity contribution in [1.29, 1.82) is 0 Å². The predicted octanol–water partition coefficient (Wildman–Crippen LogP) is 2.17. The van der Waals surface area contributed by atoms with E-state index in [9.17, 15) is 14.7 Å². The van der Waals surface area contributed by atoms with Gasteiger partial charge < -0.3 is 15.3 Å². The second-order valence-corrected chi connectivity index (χ2v) is 8.72. The molecule has 28 heavy (non-hydrogen) atoms. The number of hydrogen-bond acceptors (Lipinski definition) is 4. The maximum Gasteiger partial charge on any atom is 0.325 e.